The van der Waals surface area contributed by atoms with E-state index in [2.05, 4.69) is 15.3 Å². The number of nitrogen functional groups attached to an aromatic ring is 1. The van der Waals surface area contributed by atoms with Gasteiger partial charge in [-0.3, -0.25) is 0 Å². The van der Waals surface area contributed by atoms with E-state index in [9.17, 15) is 5.11 Å². The Bertz CT molecular complexity index is 580. The Morgan fingerprint density at radius 1 is 1.22 bits per heavy atom. The maximum atomic E-state index is 10.0. The molecule has 0 aliphatic heterocycles. The number of nitrogens with two attached hydrogens (primary N) is 1. The van der Waals surface area contributed by atoms with E-state index in [4.69, 9.17) is 5.73 Å². The van der Waals surface area contributed by atoms with Crippen LogP contribution in [0.15, 0.2) is 24.3 Å². The van der Waals surface area contributed by atoms with Gasteiger partial charge in [-0.25, -0.2) is 9.97 Å². The quantitative estimate of drug-likeness (QED) is 0.762. The van der Waals surface area contributed by atoms with Crippen molar-refractivity contribution in [3.8, 4) is 0 Å². The monoisotopic (exact) mass is 244 g/mol. The first-order valence-corrected chi connectivity index (χ1v) is 6.15. The second-order valence-electron chi connectivity index (χ2n) is 4.88. The number of hydrogen-bond acceptors (Lipinski definition) is 5. The summed E-state index contributed by atoms with van der Waals surface area (Å²) in [5.74, 6) is 0.922. The summed E-state index contributed by atoms with van der Waals surface area (Å²) >= 11 is 0. The zero-order valence-corrected chi connectivity index (χ0v) is 10.1. The molecule has 4 N–H and O–H groups in total. The van der Waals surface area contributed by atoms with E-state index in [1.165, 1.54) is 0 Å². The normalized spacial score (nSPS) is 17.4. The van der Waals surface area contributed by atoms with Gasteiger partial charge < -0.3 is 16.2 Å². The summed E-state index contributed by atoms with van der Waals surface area (Å²) in [4.78, 5) is 8.72. The van der Waals surface area contributed by atoms with Gasteiger partial charge in [-0.2, -0.15) is 0 Å². The highest BCUT2D eigenvalue weighted by atomic mass is 16.3. The highest BCUT2D eigenvalue weighted by Gasteiger charge is 2.34. The van der Waals surface area contributed by atoms with Crippen LogP contribution in [-0.2, 0) is 0 Å². The molecule has 5 heteroatoms. The van der Waals surface area contributed by atoms with Gasteiger partial charge in [0.25, 0.3) is 0 Å². The molecule has 0 bridgehead atoms. The number of nitrogens with one attached hydrogen (secondary N) is 1. The smallest absolute Gasteiger partial charge is 0.169 e. The fraction of sp³-hybridized carbons (Fsp3) is 0.385. The van der Waals surface area contributed by atoms with Crippen LogP contribution in [-0.4, -0.2) is 27.2 Å². The van der Waals surface area contributed by atoms with Gasteiger partial charge in [0.1, 0.15) is 0 Å². The molecule has 1 saturated carbocycles. The van der Waals surface area contributed by atoms with Crippen molar-refractivity contribution in [1.29, 1.82) is 0 Å². The minimum atomic E-state index is -0.597. The maximum absolute atomic E-state index is 10.0. The van der Waals surface area contributed by atoms with Crippen LogP contribution in [0.3, 0.4) is 0 Å². The molecule has 0 radical (unpaired) electrons. The van der Waals surface area contributed by atoms with Crippen LogP contribution >= 0.6 is 0 Å². The summed E-state index contributed by atoms with van der Waals surface area (Å²) in [6.07, 6.45) is 2.75. The van der Waals surface area contributed by atoms with Crippen LogP contribution < -0.4 is 11.1 Å². The van der Waals surface area contributed by atoms with Crippen molar-refractivity contribution in [2.24, 2.45) is 0 Å². The minimum absolute atomic E-state index is 0.372. The fourth-order valence-electron chi connectivity index (χ4n) is 2.15. The number of aromatic nitrogens is 2. The lowest BCUT2D eigenvalue weighted by molar-refractivity contribution is -0.0202. The standard InChI is InChI=1S/C13H16N4O/c14-11-12(15-8-13(18)6-3-7-13)17-10-5-2-1-4-9(10)16-11/h1-2,4-5,18H,3,6-8H2,(H2,14,16)(H,15,17). The molecule has 94 valence electrons. The molecule has 1 aromatic heterocycles. The maximum Gasteiger partial charge on any atom is 0.169 e. The Morgan fingerprint density at radius 2 is 1.89 bits per heavy atom. The van der Waals surface area contributed by atoms with Gasteiger partial charge in [0.05, 0.1) is 16.6 Å². The second kappa shape index (κ2) is 4.10. The fourth-order valence-corrected chi connectivity index (χ4v) is 2.15. The van der Waals surface area contributed by atoms with E-state index in [1.54, 1.807) is 0 Å². The molecule has 0 atom stereocenters. The lowest BCUT2D eigenvalue weighted by atomic mass is 9.80. The summed E-state index contributed by atoms with van der Waals surface area (Å²) < 4.78 is 0. The highest BCUT2D eigenvalue weighted by Crippen LogP contribution is 2.32. The average molecular weight is 244 g/mol. The van der Waals surface area contributed by atoms with Crippen LogP contribution in [0.5, 0.6) is 0 Å². The molecule has 0 saturated heterocycles. The molecule has 0 unspecified atom stereocenters. The third-order valence-electron chi connectivity index (χ3n) is 3.47. The summed E-state index contributed by atoms with van der Waals surface area (Å²) in [6, 6.07) is 7.59. The number of para-hydroxylation sites is 2. The number of aliphatic hydroxyl groups is 1. The van der Waals surface area contributed by atoms with Crippen LogP contribution in [0.4, 0.5) is 11.6 Å². The molecule has 0 spiro atoms. The molecule has 18 heavy (non-hydrogen) atoms. The SMILES string of the molecule is Nc1nc2ccccc2nc1NCC1(O)CCC1. The van der Waals surface area contributed by atoms with Crippen molar-refractivity contribution >= 4 is 22.7 Å². The Morgan fingerprint density at radius 3 is 2.50 bits per heavy atom. The van der Waals surface area contributed by atoms with Crippen molar-refractivity contribution in [3.05, 3.63) is 24.3 Å². The largest absolute Gasteiger partial charge is 0.388 e. The molecule has 1 aliphatic carbocycles. The average Bonchev–Trinajstić information content (AvgIpc) is 2.34. The number of fused-ring (bicyclic) bond motifs is 1. The van der Waals surface area contributed by atoms with Crippen molar-refractivity contribution in [1.82, 2.24) is 9.97 Å². The van der Waals surface area contributed by atoms with Crippen molar-refractivity contribution < 1.29 is 5.11 Å². The van der Waals surface area contributed by atoms with Crippen LogP contribution in [0.1, 0.15) is 19.3 Å². The van der Waals surface area contributed by atoms with Crippen molar-refractivity contribution in [2.75, 3.05) is 17.6 Å². The lowest BCUT2D eigenvalue weighted by Gasteiger charge is -2.36. The van der Waals surface area contributed by atoms with Gasteiger partial charge in [-0.05, 0) is 31.4 Å². The minimum Gasteiger partial charge on any atom is -0.388 e. The third kappa shape index (κ3) is 1.97. The number of hydrogen-bond donors (Lipinski definition) is 3. The van der Waals surface area contributed by atoms with E-state index in [1.807, 2.05) is 24.3 Å². The predicted molar refractivity (Wildman–Crippen MR) is 71.2 cm³/mol. The molecule has 1 aliphatic rings. The molecule has 5 nitrogen and oxygen atoms in total. The lowest BCUT2D eigenvalue weighted by Crippen LogP contribution is -2.43. The first kappa shape index (κ1) is 11.2. The molecule has 2 aromatic rings. The number of rotatable bonds is 3. The van der Waals surface area contributed by atoms with Crippen LogP contribution in [0.25, 0.3) is 11.0 Å². The second-order valence-corrected chi connectivity index (χ2v) is 4.88. The van der Waals surface area contributed by atoms with Crippen LogP contribution in [0, 0.1) is 0 Å². The van der Waals surface area contributed by atoms with E-state index in [0.717, 1.165) is 30.3 Å². The van der Waals surface area contributed by atoms with Gasteiger partial charge in [-0.1, -0.05) is 12.1 Å². The Kier molecular flexibility index (Phi) is 2.56. The van der Waals surface area contributed by atoms with Gasteiger partial charge in [0.15, 0.2) is 11.6 Å². The Hall–Kier alpha value is -1.88. The first-order chi connectivity index (χ1) is 8.66. The molecule has 1 heterocycles. The summed E-state index contributed by atoms with van der Waals surface area (Å²) in [7, 11) is 0. The molecule has 1 fully saturated rings. The molecule has 1 aromatic carbocycles. The molecular weight excluding hydrogens is 228 g/mol. The van der Waals surface area contributed by atoms with E-state index >= 15 is 0 Å². The van der Waals surface area contributed by atoms with Gasteiger partial charge in [0, 0.05) is 6.54 Å². The zero-order chi connectivity index (χ0) is 12.6. The first-order valence-electron chi connectivity index (χ1n) is 6.15. The van der Waals surface area contributed by atoms with E-state index in [-0.39, 0.29) is 0 Å². The van der Waals surface area contributed by atoms with Gasteiger partial charge >= 0.3 is 0 Å². The summed E-state index contributed by atoms with van der Waals surface area (Å²) in [5, 5.41) is 13.1. The zero-order valence-electron chi connectivity index (χ0n) is 10.1. The van der Waals surface area contributed by atoms with Crippen molar-refractivity contribution in [2.45, 2.75) is 24.9 Å². The Balaban J connectivity index is 1.84. The third-order valence-corrected chi connectivity index (χ3v) is 3.47. The van der Waals surface area contributed by atoms with Gasteiger partial charge in [0.2, 0.25) is 0 Å². The Labute approximate surface area is 105 Å². The summed E-state index contributed by atoms with van der Waals surface area (Å²) in [5.41, 5.74) is 6.84. The van der Waals surface area contributed by atoms with Crippen LogP contribution in [0.2, 0.25) is 0 Å². The number of anilines is 2. The number of benzene rings is 1. The summed E-state index contributed by atoms with van der Waals surface area (Å²) in [6.45, 7) is 0.476. The molecule has 3 rings (SSSR count). The topological polar surface area (TPSA) is 84.1 Å². The van der Waals surface area contributed by atoms with E-state index in [0.29, 0.717) is 18.2 Å². The van der Waals surface area contributed by atoms with Crippen molar-refractivity contribution in [3.63, 3.8) is 0 Å². The molecule has 0 amide bonds. The molecular formula is C13H16N4O. The van der Waals surface area contributed by atoms with E-state index < -0.39 is 5.60 Å². The number of nitrogens with zero attached hydrogens (tertiary/aromatic N) is 2. The van der Waals surface area contributed by atoms with Gasteiger partial charge in [-0.15, -0.1) is 0 Å². The predicted octanol–water partition coefficient (Wildman–Crippen LogP) is 1.54. The highest BCUT2D eigenvalue weighted by molar-refractivity contribution is 5.79.